The first-order chi connectivity index (χ1) is 12.3. The second-order valence-electron chi connectivity index (χ2n) is 5.97. The number of halogens is 1. The highest BCUT2D eigenvalue weighted by molar-refractivity contribution is 9.10. The summed E-state index contributed by atoms with van der Waals surface area (Å²) in [6.07, 6.45) is 0. The lowest BCUT2D eigenvalue weighted by Crippen LogP contribution is -2.27. The van der Waals surface area contributed by atoms with Gasteiger partial charge in [-0.15, -0.1) is 0 Å². The minimum atomic E-state index is -3.51. The molecule has 136 valence electrons. The van der Waals surface area contributed by atoms with Gasteiger partial charge in [-0.05, 0) is 30.2 Å². The number of nitrogens with zero attached hydrogens (tertiary/aromatic N) is 3. The summed E-state index contributed by atoms with van der Waals surface area (Å²) >= 11 is 3.35. The van der Waals surface area contributed by atoms with Crippen LogP contribution in [0.5, 0.6) is 0 Å². The Balaban J connectivity index is 1.73. The Labute approximate surface area is 161 Å². The highest BCUT2D eigenvalue weighted by atomic mass is 79.9. The van der Waals surface area contributed by atoms with Crippen molar-refractivity contribution in [2.75, 3.05) is 7.05 Å². The average molecular weight is 436 g/mol. The van der Waals surface area contributed by atoms with Crippen molar-refractivity contribution in [2.45, 2.75) is 19.2 Å². The van der Waals surface area contributed by atoms with Crippen molar-refractivity contribution in [3.8, 4) is 11.4 Å². The molecular formula is C18H18BrN3O3S. The maximum absolute atomic E-state index is 12.6. The molecule has 0 fully saturated rings. The van der Waals surface area contributed by atoms with Gasteiger partial charge in [0.2, 0.25) is 21.7 Å². The molecule has 0 aliphatic rings. The molecule has 0 unspecified atom stereocenters. The molecule has 6 nitrogen and oxygen atoms in total. The Hall–Kier alpha value is -2.03. The van der Waals surface area contributed by atoms with Gasteiger partial charge in [0, 0.05) is 17.1 Å². The van der Waals surface area contributed by atoms with E-state index >= 15 is 0 Å². The Morgan fingerprint density at radius 2 is 1.92 bits per heavy atom. The average Bonchev–Trinajstić information content (AvgIpc) is 3.03. The van der Waals surface area contributed by atoms with Crippen LogP contribution in [-0.4, -0.2) is 29.9 Å². The number of benzene rings is 2. The number of sulfonamides is 1. The van der Waals surface area contributed by atoms with Crippen molar-refractivity contribution in [1.29, 1.82) is 0 Å². The molecular weight excluding hydrogens is 418 g/mol. The maximum Gasteiger partial charge on any atom is 0.242 e. The number of hydrogen-bond acceptors (Lipinski definition) is 5. The van der Waals surface area contributed by atoms with Gasteiger partial charge in [-0.1, -0.05) is 57.5 Å². The molecule has 1 aromatic heterocycles. The number of aryl methyl sites for hydroxylation is 1. The van der Waals surface area contributed by atoms with Crippen molar-refractivity contribution in [2.24, 2.45) is 0 Å². The van der Waals surface area contributed by atoms with Crippen molar-refractivity contribution in [3.63, 3.8) is 0 Å². The van der Waals surface area contributed by atoms with Gasteiger partial charge in [0.25, 0.3) is 0 Å². The summed E-state index contributed by atoms with van der Waals surface area (Å²) < 4.78 is 32.4. The van der Waals surface area contributed by atoms with E-state index < -0.39 is 10.0 Å². The Bertz CT molecular complexity index is 1020. The largest absolute Gasteiger partial charge is 0.338 e. The molecule has 0 atom stereocenters. The quantitative estimate of drug-likeness (QED) is 0.588. The number of rotatable bonds is 6. The highest BCUT2D eigenvalue weighted by Gasteiger charge is 2.22. The first kappa shape index (κ1) is 18.8. The fourth-order valence-corrected chi connectivity index (χ4v) is 4.06. The lowest BCUT2D eigenvalue weighted by molar-refractivity contribution is 0.336. The van der Waals surface area contributed by atoms with Crippen molar-refractivity contribution in [3.05, 3.63) is 70.0 Å². The van der Waals surface area contributed by atoms with E-state index in [2.05, 4.69) is 26.1 Å². The SMILES string of the molecule is Cc1ccccc1-c1noc(CN(C)S(=O)(=O)Cc2cccc(Br)c2)n1. The lowest BCUT2D eigenvalue weighted by Gasteiger charge is -2.15. The minimum absolute atomic E-state index is 0.0230. The third-order valence-corrected chi connectivity index (χ3v) is 6.20. The van der Waals surface area contributed by atoms with Gasteiger partial charge < -0.3 is 4.52 Å². The first-order valence-electron chi connectivity index (χ1n) is 7.92. The van der Waals surface area contributed by atoms with Crippen LogP contribution in [0.25, 0.3) is 11.4 Å². The highest BCUT2D eigenvalue weighted by Crippen LogP contribution is 2.21. The van der Waals surface area contributed by atoms with Crippen LogP contribution >= 0.6 is 15.9 Å². The standard InChI is InChI=1S/C18H18BrN3O3S/c1-13-6-3-4-9-16(13)18-20-17(25-21-18)11-22(2)26(23,24)12-14-7-5-8-15(19)10-14/h3-10H,11-12H2,1-2H3. The van der Waals surface area contributed by atoms with Gasteiger partial charge >= 0.3 is 0 Å². The molecule has 1 heterocycles. The van der Waals surface area contributed by atoms with Crippen molar-refractivity contribution < 1.29 is 12.9 Å². The number of hydrogen-bond donors (Lipinski definition) is 0. The predicted octanol–water partition coefficient (Wildman–Crippen LogP) is 3.77. The van der Waals surface area contributed by atoms with E-state index in [1.54, 1.807) is 18.2 Å². The summed E-state index contributed by atoms with van der Waals surface area (Å²) in [5.41, 5.74) is 2.59. The van der Waals surface area contributed by atoms with Gasteiger partial charge in [0.05, 0.1) is 12.3 Å². The smallest absolute Gasteiger partial charge is 0.242 e. The summed E-state index contributed by atoms with van der Waals surface area (Å²) in [7, 11) is -2.00. The van der Waals surface area contributed by atoms with Crippen LogP contribution in [-0.2, 0) is 22.3 Å². The first-order valence-corrected chi connectivity index (χ1v) is 10.3. The van der Waals surface area contributed by atoms with Gasteiger partial charge in [0.15, 0.2) is 0 Å². The van der Waals surface area contributed by atoms with Crippen LogP contribution in [0.2, 0.25) is 0 Å². The van der Waals surface area contributed by atoms with E-state index in [9.17, 15) is 8.42 Å². The summed E-state index contributed by atoms with van der Waals surface area (Å²) in [6.45, 7) is 1.98. The normalized spacial score (nSPS) is 11.8. The summed E-state index contributed by atoms with van der Waals surface area (Å²) in [5.74, 6) is 0.612. The molecule has 0 bridgehead atoms. The molecule has 0 radical (unpaired) electrons. The summed E-state index contributed by atoms with van der Waals surface area (Å²) in [4.78, 5) is 4.32. The predicted molar refractivity (Wildman–Crippen MR) is 103 cm³/mol. The van der Waals surface area contributed by atoms with E-state index in [1.807, 2.05) is 37.3 Å². The fraction of sp³-hybridized carbons (Fsp3) is 0.222. The zero-order valence-electron chi connectivity index (χ0n) is 14.4. The van der Waals surface area contributed by atoms with Crippen LogP contribution in [0.15, 0.2) is 57.5 Å². The van der Waals surface area contributed by atoms with Crippen LogP contribution in [0.3, 0.4) is 0 Å². The molecule has 0 aliphatic carbocycles. The molecule has 0 saturated carbocycles. The molecule has 0 saturated heterocycles. The van der Waals surface area contributed by atoms with E-state index in [0.717, 1.165) is 15.6 Å². The molecule has 0 spiro atoms. The summed E-state index contributed by atoms with van der Waals surface area (Å²) in [6, 6.07) is 14.9. The Kier molecular flexibility index (Phi) is 5.55. The third kappa shape index (κ3) is 4.38. The lowest BCUT2D eigenvalue weighted by atomic mass is 10.1. The summed E-state index contributed by atoms with van der Waals surface area (Å²) in [5, 5.41) is 3.96. The molecule has 0 aliphatic heterocycles. The van der Waals surface area contributed by atoms with Crippen LogP contribution < -0.4 is 0 Å². The number of aromatic nitrogens is 2. The Morgan fingerprint density at radius 3 is 2.65 bits per heavy atom. The molecule has 0 amide bonds. The molecule has 2 aromatic carbocycles. The van der Waals surface area contributed by atoms with Gasteiger partial charge in [-0.3, -0.25) is 0 Å². The van der Waals surface area contributed by atoms with Gasteiger partial charge in [-0.2, -0.15) is 9.29 Å². The fourth-order valence-electron chi connectivity index (χ4n) is 2.49. The Morgan fingerprint density at radius 1 is 1.15 bits per heavy atom. The molecule has 0 N–H and O–H groups in total. The second kappa shape index (κ2) is 7.69. The second-order valence-corrected chi connectivity index (χ2v) is 8.96. The van der Waals surface area contributed by atoms with Crippen LogP contribution in [0.4, 0.5) is 0 Å². The van der Waals surface area contributed by atoms with Crippen molar-refractivity contribution in [1.82, 2.24) is 14.4 Å². The van der Waals surface area contributed by atoms with E-state index in [-0.39, 0.29) is 18.2 Å². The monoisotopic (exact) mass is 435 g/mol. The molecule has 3 aromatic rings. The van der Waals surface area contributed by atoms with E-state index in [4.69, 9.17) is 4.52 Å². The van der Waals surface area contributed by atoms with Gasteiger partial charge in [0.1, 0.15) is 0 Å². The third-order valence-electron chi connectivity index (χ3n) is 3.92. The molecule has 3 rings (SSSR count). The topological polar surface area (TPSA) is 76.3 Å². The minimum Gasteiger partial charge on any atom is -0.338 e. The zero-order valence-corrected chi connectivity index (χ0v) is 16.8. The zero-order chi connectivity index (χ0) is 18.7. The van der Waals surface area contributed by atoms with Crippen molar-refractivity contribution >= 4 is 26.0 Å². The van der Waals surface area contributed by atoms with Gasteiger partial charge in [-0.25, -0.2) is 8.42 Å². The van der Waals surface area contributed by atoms with Crippen LogP contribution in [0, 0.1) is 6.92 Å². The molecule has 26 heavy (non-hydrogen) atoms. The van der Waals surface area contributed by atoms with E-state index in [1.165, 1.54) is 11.4 Å². The maximum atomic E-state index is 12.6. The van der Waals surface area contributed by atoms with E-state index in [0.29, 0.717) is 11.4 Å². The molecule has 8 heteroatoms. The van der Waals surface area contributed by atoms with Crippen LogP contribution in [0.1, 0.15) is 17.0 Å².